The van der Waals surface area contributed by atoms with E-state index in [1.54, 1.807) is 0 Å². The van der Waals surface area contributed by atoms with Crippen molar-refractivity contribution in [1.82, 2.24) is 39.5 Å². The van der Waals surface area contributed by atoms with Gasteiger partial charge in [0.15, 0.2) is 5.82 Å². The molecule has 3 amide bonds. The first-order valence-electron chi connectivity index (χ1n) is 10.9. The van der Waals surface area contributed by atoms with Crippen molar-refractivity contribution in [2.24, 2.45) is 0 Å². The lowest BCUT2D eigenvalue weighted by Crippen LogP contribution is -2.34. The van der Waals surface area contributed by atoms with E-state index in [2.05, 4.69) is 25.0 Å². The van der Waals surface area contributed by atoms with Crippen molar-refractivity contribution in [3.8, 4) is 11.4 Å². The van der Waals surface area contributed by atoms with E-state index in [-0.39, 0.29) is 36.1 Å². The number of aliphatic hydroxyl groups excluding tert-OH is 1. The van der Waals surface area contributed by atoms with Gasteiger partial charge in [0, 0.05) is 35.1 Å². The van der Waals surface area contributed by atoms with E-state index >= 15 is 0 Å². The Balaban J connectivity index is 1.49. The van der Waals surface area contributed by atoms with Crippen LogP contribution < -0.4 is 0 Å². The van der Waals surface area contributed by atoms with Crippen LogP contribution in [0.15, 0.2) is 42.9 Å². The summed E-state index contributed by atoms with van der Waals surface area (Å²) >= 11 is 0. The van der Waals surface area contributed by atoms with Crippen LogP contribution >= 0.6 is 0 Å². The Kier molecular flexibility index (Phi) is 5.96. The molecule has 4 heterocycles. The van der Waals surface area contributed by atoms with Gasteiger partial charge in [0.2, 0.25) is 0 Å². The number of pyridine rings is 1. The van der Waals surface area contributed by atoms with Crippen LogP contribution in [0.5, 0.6) is 0 Å². The highest BCUT2D eigenvalue weighted by Crippen LogP contribution is 2.41. The molecular weight excluding hydrogens is 481 g/mol. The van der Waals surface area contributed by atoms with Crippen LogP contribution in [0.1, 0.15) is 35.7 Å². The SMILES string of the molecule is O=C1/C(=C/n2cnc(-c3cc(C4CC4)nc(C(F)(F)F)c3)n2)N(Cc2cncnc2)C(=O)N1CCO. The van der Waals surface area contributed by atoms with Gasteiger partial charge in [-0.15, -0.1) is 5.10 Å². The molecule has 0 radical (unpaired) electrons. The highest BCUT2D eigenvalue weighted by Gasteiger charge is 2.41. The first-order valence-corrected chi connectivity index (χ1v) is 10.9. The summed E-state index contributed by atoms with van der Waals surface area (Å²) in [7, 11) is 0. The Labute approximate surface area is 201 Å². The number of nitrogens with zero attached hydrogens (tertiary/aromatic N) is 8. The second-order valence-electron chi connectivity index (χ2n) is 8.30. The monoisotopic (exact) mass is 500 g/mol. The number of halogens is 3. The van der Waals surface area contributed by atoms with Crippen LogP contribution in [0.2, 0.25) is 0 Å². The molecular formula is C22H19F3N8O3. The predicted molar refractivity (Wildman–Crippen MR) is 116 cm³/mol. The lowest BCUT2D eigenvalue weighted by atomic mass is 10.1. The van der Waals surface area contributed by atoms with Crippen molar-refractivity contribution in [2.75, 3.05) is 13.2 Å². The number of aliphatic hydroxyl groups is 1. The van der Waals surface area contributed by atoms with E-state index in [1.165, 1.54) is 42.2 Å². The minimum Gasteiger partial charge on any atom is -0.395 e. The van der Waals surface area contributed by atoms with Gasteiger partial charge in [-0.1, -0.05) is 0 Å². The van der Waals surface area contributed by atoms with E-state index in [0.717, 1.165) is 28.5 Å². The fraction of sp³-hybridized carbons (Fsp3) is 0.318. The summed E-state index contributed by atoms with van der Waals surface area (Å²) in [6, 6.07) is 1.77. The van der Waals surface area contributed by atoms with Crippen molar-refractivity contribution < 1.29 is 27.9 Å². The predicted octanol–water partition coefficient (Wildman–Crippen LogP) is 2.28. The maximum atomic E-state index is 13.4. The zero-order chi connectivity index (χ0) is 25.4. The number of urea groups is 1. The molecule has 36 heavy (non-hydrogen) atoms. The highest BCUT2D eigenvalue weighted by atomic mass is 19.4. The van der Waals surface area contributed by atoms with Crippen LogP contribution in [0, 0.1) is 0 Å². The molecule has 0 atom stereocenters. The summed E-state index contributed by atoms with van der Waals surface area (Å²) in [5, 5.41) is 13.5. The van der Waals surface area contributed by atoms with Crippen LogP contribution in [0.25, 0.3) is 17.6 Å². The normalized spacial score (nSPS) is 17.5. The molecule has 5 rings (SSSR count). The number of carbonyl (C=O) groups excluding carboxylic acids is 2. The molecule has 3 aromatic heterocycles. The van der Waals surface area contributed by atoms with E-state index in [1.807, 2.05) is 0 Å². The molecule has 1 saturated heterocycles. The number of aromatic nitrogens is 6. The third-order valence-corrected chi connectivity index (χ3v) is 5.65. The topological polar surface area (TPSA) is 130 Å². The largest absolute Gasteiger partial charge is 0.433 e. The third kappa shape index (κ3) is 4.66. The summed E-state index contributed by atoms with van der Waals surface area (Å²) in [6.45, 7) is -0.654. The van der Waals surface area contributed by atoms with Gasteiger partial charge in [0.05, 0.1) is 25.9 Å². The molecule has 2 aliphatic rings. The number of amides is 3. The Bertz CT molecular complexity index is 1340. The molecule has 1 aliphatic carbocycles. The van der Waals surface area contributed by atoms with Gasteiger partial charge in [-0.3, -0.25) is 14.6 Å². The average Bonchev–Trinajstić information content (AvgIpc) is 3.57. The summed E-state index contributed by atoms with van der Waals surface area (Å²) in [5.74, 6) is -0.679. The standard InChI is InChI=1S/C22H19F3N8O3/c23-22(24,25)18-6-15(5-16(29-18)14-1-2-14)19-28-12-31(30-19)10-17-20(35)32(3-4-34)21(36)33(17)9-13-7-26-11-27-8-13/h5-8,10-12,14,34H,1-4,9H2/b17-10-. The molecule has 11 nitrogen and oxygen atoms in total. The van der Waals surface area contributed by atoms with E-state index in [0.29, 0.717) is 11.3 Å². The minimum atomic E-state index is -4.63. The van der Waals surface area contributed by atoms with Gasteiger partial charge >= 0.3 is 12.2 Å². The molecule has 0 unspecified atom stereocenters. The lowest BCUT2D eigenvalue weighted by Gasteiger charge is -2.16. The van der Waals surface area contributed by atoms with E-state index < -0.39 is 30.4 Å². The van der Waals surface area contributed by atoms with Gasteiger partial charge in [-0.05, 0) is 25.0 Å². The van der Waals surface area contributed by atoms with Crippen molar-refractivity contribution >= 4 is 18.1 Å². The number of alkyl halides is 3. The zero-order valence-corrected chi connectivity index (χ0v) is 18.6. The van der Waals surface area contributed by atoms with Crippen LogP contribution in [0.4, 0.5) is 18.0 Å². The van der Waals surface area contributed by atoms with Crippen LogP contribution in [-0.2, 0) is 17.5 Å². The first-order chi connectivity index (χ1) is 17.2. The minimum absolute atomic E-state index is 0.00801. The highest BCUT2D eigenvalue weighted by molar-refractivity contribution is 6.13. The Morgan fingerprint density at radius 1 is 1.11 bits per heavy atom. The van der Waals surface area contributed by atoms with E-state index in [9.17, 15) is 27.9 Å². The summed E-state index contributed by atoms with van der Waals surface area (Å²) in [4.78, 5) is 43.5. The number of β-amino-alcohol motifs (C(OH)–C–C–N with tert-alkyl or cyclic N) is 1. The second-order valence-corrected chi connectivity index (χ2v) is 8.30. The fourth-order valence-electron chi connectivity index (χ4n) is 3.77. The first kappa shape index (κ1) is 23.5. The van der Waals surface area contributed by atoms with Crippen LogP contribution in [0.3, 0.4) is 0 Å². The number of imide groups is 1. The molecule has 1 aliphatic heterocycles. The van der Waals surface area contributed by atoms with Crippen LogP contribution in [-0.4, -0.2) is 69.7 Å². The van der Waals surface area contributed by atoms with Gasteiger partial charge in [-0.25, -0.2) is 29.4 Å². The summed E-state index contributed by atoms with van der Waals surface area (Å²) in [6.07, 6.45) is 3.69. The fourth-order valence-corrected chi connectivity index (χ4v) is 3.77. The summed E-state index contributed by atoms with van der Waals surface area (Å²) in [5.41, 5.74) is -0.0478. The quantitative estimate of drug-likeness (QED) is 0.386. The van der Waals surface area contributed by atoms with Gasteiger partial charge in [0.25, 0.3) is 5.91 Å². The second kappa shape index (κ2) is 9.11. The number of hydrogen-bond donors (Lipinski definition) is 1. The number of rotatable bonds is 7. The smallest absolute Gasteiger partial charge is 0.395 e. The van der Waals surface area contributed by atoms with Gasteiger partial charge < -0.3 is 5.11 Å². The molecule has 14 heteroatoms. The average molecular weight is 500 g/mol. The number of hydrogen-bond acceptors (Lipinski definition) is 8. The molecule has 1 N–H and O–H groups in total. The van der Waals surface area contributed by atoms with Gasteiger partial charge in [-0.2, -0.15) is 13.2 Å². The molecule has 1 saturated carbocycles. The maximum Gasteiger partial charge on any atom is 0.433 e. The Morgan fingerprint density at radius 2 is 1.86 bits per heavy atom. The molecule has 0 bridgehead atoms. The number of carbonyl (C=O) groups is 2. The van der Waals surface area contributed by atoms with Gasteiger partial charge in [0.1, 0.15) is 24.0 Å². The van der Waals surface area contributed by atoms with E-state index in [4.69, 9.17) is 0 Å². The molecule has 2 fully saturated rings. The third-order valence-electron chi connectivity index (χ3n) is 5.65. The van der Waals surface area contributed by atoms with Crippen molar-refractivity contribution in [2.45, 2.75) is 31.5 Å². The molecule has 3 aromatic rings. The van der Waals surface area contributed by atoms with Crippen molar-refractivity contribution in [1.29, 1.82) is 0 Å². The maximum absolute atomic E-state index is 13.4. The van der Waals surface area contributed by atoms with Crippen molar-refractivity contribution in [3.63, 3.8) is 0 Å². The molecule has 0 aromatic carbocycles. The Hall–Kier alpha value is -4.20. The molecule has 186 valence electrons. The Morgan fingerprint density at radius 3 is 2.53 bits per heavy atom. The summed E-state index contributed by atoms with van der Waals surface area (Å²) < 4.78 is 41.4. The van der Waals surface area contributed by atoms with Crippen molar-refractivity contribution in [3.05, 3.63) is 59.8 Å². The molecule has 0 spiro atoms. The zero-order valence-electron chi connectivity index (χ0n) is 18.6. The lowest BCUT2D eigenvalue weighted by molar-refractivity contribution is -0.141.